The first kappa shape index (κ1) is 29.5. The van der Waals surface area contributed by atoms with Crippen LogP contribution in [-0.2, 0) is 22.4 Å². The van der Waals surface area contributed by atoms with Crippen LogP contribution in [0.2, 0.25) is 0 Å². The zero-order valence-corrected chi connectivity index (χ0v) is 24.8. The summed E-state index contributed by atoms with van der Waals surface area (Å²) in [5, 5.41) is 9.03. The molecule has 5 rings (SSSR count). The molecule has 3 N–H and O–H groups in total. The van der Waals surface area contributed by atoms with E-state index in [1.54, 1.807) is 0 Å². The number of hydrogen-bond donors (Lipinski definition) is 3. The molecule has 0 unspecified atom stereocenters. The summed E-state index contributed by atoms with van der Waals surface area (Å²) in [6, 6.07) is 35.2. The van der Waals surface area contributed by atoms with Gasteiger partial charge in [0.15, 0.2) is 11.6 Å². The van der Waals surface area contributed by atoms with Crippen molar-refractivity contribution in [3.63, 3.8) is 0 Å². The molecular weight excluding hydrogens is 594 g/mol. The Morgan fingerprint density at radius 1 is 0.905 bits per heavy atom. The molecule has 1 aliphatic heterocycles. The molecule has 0 aromatic heterocycles. The van der Waals surface area contributed by atoms with Gasteiger partial charge in [-0.25, -0.2) is 10.4 Å². The number of rotatable bonds is 13. The lowest BCUT2D eigenvalue weighted by molar-refractivity contribution is -0.130. The van der Waals surface area contributed by atoms with E-state index in [1.165, 1.54) is 0 Å². The van der Waals surface area contributed by atoms with E-state index in [1.807, 2.05) is 97.1 Å². The summed E-state index contributed by atoms with van der Waals surface area (Å²) in [5.41, 5.74) is 8.56. The van der Waals surface area contributed by atoms with E-state index in [9.17, 15) is 4.79 Å². The number of halogens is 1. The second-order valence-electron chi connectivity index (χ2n) is 10.1. The standard InChI is InChI=1S/C34H34BrN3O4/c35-29-16-12-25(13-17-29)20-21-36-38-33(40)34(24-26-8-3-1-4-9-26)31(27-10-5-2-6-11-27)42-32(37-34)28-14-18-30(19-15-28)41-23-7-22-39/h1-6,8-19,31,36,39H,7,20-24H2,(H,38,40)/t31-,34-/m0/s1. The zero-order chi connectivity index (χ0) is 29.2. The molecule has 0 spiro atoms. The van der Waals surface area contributed by atoms with E-state index in [0.717, 1.165) is 33.1 Å². The van der Waals surface area contributed by atoms with Gasteiger partial charge in [-0.1, -0.05) is 88.7 Å². The van der Waals surface area contributed by atoms with Crippen molar-refractivity contribution in [3.05, 3.63) is 136 Å². The summed E-state index contributed by atoms with van der Waals surface area (Å²) >= 11 is 3.47. The fraction of sp³-hybridized carbons (Fsp3) is 0.235. The number of carbonyl (C=O) groups is 1. The minimum absolute atomic E-state index is 0.0776. The summed E-state index contributed by atoms with van der Waals surface area (Å²) in [6.45, 7) is 1.06. The van der Waals surface area contributed by atoms with E-state index >= 15 is 0 Å². The van der Waals surface area contributed by atoms with Crippen molar-refractivity contribution < 1.29 is 19.4 Å². The molecule has 0 aliphatic carbocycles. The highest BCUT2D eigenvalue weighted by Gasteiger charge is 2.53. The number of aliphatic imine (C=N–C) groups is 1. The number of amides is 1. The molecule has 1 aliphatic rings. The van der Waals surface area contributed by atoms with Crippen molar-refractivity contribution in [2.75, 3.05) is 19.8 Å². The van der Waals surface area contributed by atoms with Gasteiger partial charge < -0.3 is 14.6 Å². The van der Waals surface area contributed by atoms with Crippen molar-refractivity contribution in [1.82, 2.24) is 10.9 Å². The predicted molar refractivity (Wildman–Crippen MR) is 167 cm³/mol. The Hall–Kier alpha value is -3.98. The molecular formula is C34H34BrN3O4. The average Bonchev–Trinajstić information content (AvgIpc) is 3.42. The Balaban J connectivity index is 1.43. The van der Waals surface area contributed by atoms with Crippen LogP contribution in [0, 0.1) is 0 Å². The topological polar surface area (TPSA) is 92.2 Å². The number of hydrazine groups is 1. The van der Waals surface area contributed by atoms with Crippen LogP contribution in [0.4, 0.5) is 0 Å². The normalized spacial score (nSPS) is 17.8. The van der Waals surface area contributed by atoms with Gasteiger partial charge in [-0.3, -0.25) is 10.2 Å². The summed E-state index contributed by atoms with van der Waals surface area (Å²) in [7, 11) is 0. The van der Waals surface area contributed by atoms with Crippen molar-refractivity contribution in [1.29, 1.82) is 0 Å². The van der Waals surface area contributed by atoms with Gasteiger partial charge in [0.05, 0.1) is 6.61 Å². The molecule has 8 heteroatoms. The lowest BCUT2D eigenvalue weighted by atomic mass is 9.82. The monoisotopic (exact) mass is 627 g/mol. The molecule has 4 aromatic rings. The second-order valence-corrected chi connectivity index (χ2v) is 11.0. The minimum atomic E-state index is -1.26. The van der Waals surface area contributed by atoms with Crippen LogP contribution in [0.5, 0.6) is 5.75 Å². The molecule has 4 aromatic carbocycles. The predicted octanol–water partition coefficient (Wildman–Crippen LogP) is 5.57. The highest BCUT2D eigenvalue weighted by Crippen LogP contribution is 2.42. The fourth-order valence-corrected chi connectivity index (χ4v) is 5.19. The first-order chi connectivity index (χ1) is 20.6. The number of ether oxygens (including phenoxy) is 2. The molecule has 216 valence electrons. The number of nitrogens with zero attached hydrogens (tertiary/aromatic N) is 1. The largest absolute Gasteiger partial charge is 0.494 e. The highest BCUT2D eigenvalue weighted by atomic mass is 79.9. The first-order valence-electron chi connectivity index (χ1n) is 14.0. The fourth-order valence-electron chi connectivity index (χ4n) is 4.93. The minimum Gasteiger partial charge on any atom is -0.494 e. The third-order valence-corrected chi connectivity index (χ3v) is 7.63. The molecule has 0 fully saturated rings. The van der Waals surface area contributed by atoms with Gasteiger partial charge in [0.2, 0.25) is 5.90 Å². The molecule has 42 heavy (non-hydrogen) atoms. The van der Waals surface area contributed by atoms with Gasteiger partial charge in [0, 0.05) is 36.0 Å². The summed E-state index contributed by atoms with van der Waals surface area (Å²) in [4.78, 5) is 19.2. The maximum atomic E-state index is 14.2. The third kappa shape index (κ3) is 7.26. The molecule has 0 radical (unpaired) electrons. The molecule has 1 amide bonds. The van der Waals surface area contributed by atoms with Crippen LogP contribution in [0.3, 0.4) is 0 Å². The highest BCUT2D eigenvalue weighted by molar-refractivity contribution is 9.10. The lowest BCUT2D eigenvalue weighted by Crippen LogP contribution is -2.54. The molecule has 0 saturated heterocycles. The average molecular weight is 629 g/mol. The van der Waals surface area contributed by atoms with E-state index in [-0.39, 0.29) is 12.5 Å². The van der Waals surface area contributed by atoms with Gasteiger partial charge in [-0.15, -0.1) is 0 Å². The van der Waals surface area contributed by atoms with Gasteiger partial charge in [0.25, 0.3) is 5.91 Å². The number of aliphatic hydroxyl groups is 1. The van der Waals surface area contributed by atoms with E-state index in [0.29, 0.717) is 37.6 Å². The SMILES string of the molecule is O=C(NNCCc1ccc(Br)cc1)[C@@]1(Cc2ccccc2)N=C(c2ccc(OCCCO)cc2)O[C@H]1c1ccccc1. The van der Waals surface area contributed by atoms with Crippen LogP contribution >= 0.6 is 15.9 Å². The number of nitrogens with one attached hydrogen (secondary N) is 2. The molecule has 0 saturated carbocycles. The molecule has 1 heterocycles. The van der Waals surface area contributed by atoms with Gasteiger partial charge in [0.1, 0.15) is 5.75 Å². The Bertz CT molecular complexity index is 1460. The summed E-state index contributed by atoms with van der Waals surface area (Å²) < 4.78 is 13.3. The van der Waals surface area contributed by atoms with E-state index in [4.69, 9.17) is 19.6 Å². The Labute approximate surface area is 254 Å². The van der Waals surface area contributed by atoms with Crippen LogP contribution in [0.15, 0.2) is 119 Å². The van der Waals surface area contributed by atoms with Crippen LogP contribution < -0.4 is 15.6 Å². The Morgan fingerprint density at radius 2 is 1.60 bits per heavy atom. The third-order valence-electron chi connectivity index (χ3n) is 7.10. The smallest absolute Gasteiger partial charge is 0.266 e. The van der Waals surface area contributed by atoms with Gasteiger partial charge >= 0.3 is 0 Å². The molecule has 7 nitrogen and oxygen atoms in total. The van der Waals surface area contributed by atoms with Crippen molar-refractivity contribution in [2.24, 2.45) is 4.99 Å². The van der Waals surface area contributed by atoms with Crippen LogP contribution in [0.1, 0.15) is 34.8 Å². The van der Waals surface area contributed by atoms with Crippen molar-refractivity contribution in [3.8, 4) is 5.75 Å². The number of aliphatic hydroxyl groups excluding tert-OH is 1. The maximum Gasteiger partial charge on any atom is 0.266 e. The van der Waals surface area contributed by atoms with E-state index < -0.39 is 11.6 Å². The Kier molecular flexibility index (Phi) is 10.0. The number of hydrogen-bond acceptors (Lipinski definition) is 6. The van der Waals surface area contributed by atoms with Crippen molar-refractivity contribution in [2.45, 2.75) is 30.9 Å². The summed E-state index contributed by atoms with van der Waals surface area (Å²) in [5.74, 6) is 0.815. The Morgan fingerprint density at radius 3 is 2.29 bits per heavy atom. The first-order valence-corrected chi connectivity index (χ1v) is 14.8. The quantitative estimate of drug-likeness (QED) is 0.133. The van der Waals surface area contributed by atoms with E-state index in [2.05, 4.69) is 38.9 Å². The van der Waals surface area contributed by atoms with Gasteiger partial charge in [-0.2, -0.15) is 0 Å². The maximum absolute atomic E-state index is 14.2. The summed E-state index contributed by atoms with van der Waals surface area (Å²) in [6.07, 6.45) is 1.01. The van der Waals surface area contributed by atoms with Crippen LogP contribution in [0.25, 0.3) is 0 Å². The van der Waals surface area contributed by atoms with Gasteiger partial charge in [-0.05, 0) is 59.5 Å². The molecule has 2 atom stereocenters. The molecule has 0 bridgehead atoms. The van der Waals surface area contributed by atoms with Crippen molar-refractivity contribution >= 4 is 27.7 Å². The lowest BCUT2D eigenvalue weighted by Gasteiger charge is -2.30. The van der Waals surface area contributed by atoms with Crippen LogP contribution in [-0.4, -0.2) is 42.2 Å². The number of carbonyl (C=O) groups excluding carboxylic acids is 1. The zero-order valence-electron chi connectivity index (χ0n) is 23.2. The number of benzene rings is 4. The second kappa shape index (κ2) is 14.3.